The molecule has 0 bridgehead atoms. The number of ether oxygens (including phenoxy) is 1. The number of hydrogen-bond donors (Lipinski definition) is 0. The van der Waals surface area contributed by atoms with Crippen molar-refractivity contribution in [3.8, 4) is 5.75 Å². The molecule has 1 aromatic carbocycles. The van der Waals surface area contributed by atoms with Crippen LogP contribution < -0.4 is 9.64 Å². The van der Waals surface area contributed by atoms with Gasteiger partial charge < -0.3 is 14.5 Å². The van der Waals surface area contributed by atoms with Crippen molar-refractivity contribution in [3.05, 3.63) is 53.1 Å². The van der Waals surface area contributed by atoms with Gasteiger partial charge in [-0.3, -0.25) is 4.79 Å². The average Bonchev–Trinajstić information content (AvgIpc) is 2.95. The van der Waals surface area contributed by atoms with Crippen LogP contribution in [0.5, 0.6) is 5.75 Å². The standard InChI is InChI=1S/C31H41FN4O2/c1-21(2)36(19-22-9-8-12-25(17-22)38-3)30(37)27-18-33-31(34-29(27)26-13-6-7-14-28(26)32)35-16-15-23-10-4-5-11-24(23)20-35/h8-9,12,17-18,21,23-24H,4-7,10-11,13-16,19-20H2,1-3H3. The minimum atomic E-state index is -0.166. The summed E-state index contributed by atoms with van der Waals surface area (Å²) >= 11 is 0. The maximum absolute atomic E-state index is 15.2. The van der Waals surface area contributed by atoms with Gasteiger partial charge in [-0.1, -0.05) is 31.4 Å². The van der Waals surface area contributed by atoms with Crippen LogP contribution in [-0.4, -0.2) is 47.0 Å². The quantitative estimate of drug-likeness (QED) is 0.402. The molecule has 2 atom stereocenters. The van der Waals surface area contributed by atoms with Gasteiger partial charge in [0, 0.05) is 37.4 Å². The molecular formula is C31H41FN4O2. The third-order valence-corrected chi connectivity index (χ3v) is 8.64. The van der Waals surface area contributed by atoms with Crippen LogP contribution in [0, 0.1) is 11.8 Å². The Morgan fingerprint density at radius 1 is 1.13 bits per heavy atom. The number of allylic oxidation sites excluding steroid dienone is 2. The van der Waals surface area contributed by atoms with Gasteiger partial charge in [-0.05, 0) is 81.9 Å². The van der Waals surface area contributed by atoms with Crippen molar-refractivity contribution < 1.29 is 13.9 Å². The number of aromatic nitrogens is 2. The van der Waals surface area contributed by atoms with Crippen LogP contribution in [0.3, 0.4) is 0 Å². The Morgan fingerprint density at radius 3 is 2.68 bits per heavy atom. The van der Waals surface area contributed by atoms with Crippen LogP contribution >= 0.6 is 0 Å². The van der Waals surface area contributed by atoms with E-state index in [2.05, 4.69) is 4.90 Å². The molecule has 2 aromatic rings. The fourth-order valence-corrected chi connectivity index (χ4v) is 6.42. The second-order valence-corrected chi connectivity index (χ2v) is 11.4. The second kappa shape index (κ2) is 11.8. The van der Waals surface area contributed by atoms with Gasteiger partial charge >= 0.3 is 0 Å². The first kappa shape index (κ1) is 26.6. The van der Waals surface area contributed by atoms with E-state index in [-0.39, 0.29) is 17.8 Å². The van der Waals surface area contributed by atoms with E-state index in [0.717, 1.165) is 49.6 Å². The third kappa shape index (κ3) is 5.71. The molecule has 5 rings (SSSR count). The Balaban J connectivity index is 1.48. The average molecular weight is 521 g/mol. The Kier molecular flexibility index (Phi) is 8.29. The number of fused-ring (bicyclic) bond motifs is 1. The normalized spacial score (nSPS) is 21.9. The van der Waals surface area contributed by atoms with Gasteiger partial charge in [-0.15, -0.1) is 0 Å². The summed E-state index contributed by atoms with van der Waals surface area (Å²) in [6.07, 6.45) is 10.8. The minimum Gasteiger partial charge on any atom is -0.497 e. The minimum absolute atomic E-state index is 0.0586. The Labute approximate surface area is 226 Å². The molecule has 2 heterocycles. The maximum atomic E-state index is 15.2. The van der Waals surface area contributed by atoms with Crippen molar-refractivity contribution in [2.75, 3.05) is 25.1 Å². The first-order chi connectivity index (χ1) is 18.4. The highest BCUT2D eigenvalue weighted by Crippen LogP contribution is 2.38. The summed E-state index contributed by atoms with van der Waals surface area (Å²) in [7, 11) is 1.64. The summed E-state index contributed by atoms with van der Waals surface area (Å²) in [5.41, 5.74) is 2.44. The fraction of sp³-hybridized carbons (Fsp3) is 0.581. The number of carbonyl (C=O) groups is 1. The summed E-state index contributed by atoms with van der Waals surface area (Å²) in [6.45, 7) is 6.30. The van der Waals surface area contributed by atoms with Gasteiger partial charge in [0.25, 0.3) is 5.91 Å². The molecule has 1 aliphatic heterocycles. The molecule has 7 heteroatoms. The van der Waals surface area contributed by atoms with Crippen LogP contribution in [0.2, 0.25) is 0 Å². The molecule has 6 nitrogen and oxygen atoms in total. The zero-order valence-corrected chi connectivity index (χ0v) is 23.1. The topological polar surface area (TPSA) is 58.6 Å². The molecule has 1 saturated carbocycles. The highest BCUT2D eigenvalue weighted by atomic mass is 19.1. The highest BCUT2D eigenvalue weighted by molar-refractivity contribution is 5.98. The van der Waals surface area contributed by atoms with E-state index in [9.17, 15) is 4.79 Å². The summed E-state index contributed by atoms with van der Waals surface area (Å²) in [6, 6.07) is 7.70. The summed E-state index contributed by atoms with van der Waals surface area (Å²) in [4.78, 5) is 27.8. The van der Waals surface area contributed by atoms with E-state index in [1.54, 1.807) is 13.3 Å². The smallest absolute Gasteiger partial charge is 0.258 e. The van der Waals surface area contributed by atoms with E-state index in [1.165, 1.54) is 25.7 Å². The van der Waals surface area contributed by atoms with Crippen LogP contribution in [0.1, 0.15) is 93.3 Å². The molecule has 1 saturated heterocycles. The van der Waals surface area contributed by atoms with E-state index in [1.807, 2.05) is 43.0 Å². The van der Waals surface area contributed by atoms with E-state index in [4.69, 9.17) is 14.7 Å². The van der Waals surface area contributed by atoms with Crippen LogP contribution in [0.25, 0.3) is 5.57 Å². The third-order valence-electron chi connectivity index (χ3n) is 8.64. The molecule has 2 unspecified atom stereocenters. The molecule has 38 heavy (non-hydrogen) atoms. The lowest BCUT2D eigenvalue weighted by Crippen LogP contribution is -2.43. The number of carbonyl (C=O) groups excluding carboxylic acids is 1. The molecular weight excluding hydrogens is 479 g/mol. The lowest BCUT2D eigenvalue weighted by atomic mass is 9.75. The first-order valence-corrected chi connectivity index (χ1v) is 14.4. The van der Waals surface area contributed by atoms with Gasteiger partial charge in [0.15, 0.2) is 0 Å². The molecule has 204 valence electrons. The SMILES string of the molecule is COc1cccc(CN(C(=O)c2cnc(N3CCC4CCCCC4C3)nc2C2=C(F)CCCC2)C(C)C)c1. The molecule has 0 spiro atoms. The molecule has 3 aliphatic rings. The maximum Gasteiger partial charge on any atom is 0.258 e. The number of anilines is 1. The van der Waals surface area contributed by atoms with Gasteiger partial charge in [-0.25, -0.2) is 14.4 Å². The molecule has 1 aromatic heterocycles. The van der Waals surface area contributed by atoms with Crippen molar-refractivity contribution in [1.29, 1.82) is 0 Å². The van der Waals surface area contributed by atoms with Gasteiger partial charge in [0.2, 0.25) is 5.95 Å². The van der Waals surface area contributed by atoms with Crippen molar-refractivity contribution in [2.45, 2.75) is 84.2 Å². The molecule has 0 radical (unpaired) electrons. The number of benzene rings is 1. The van der Waals surface area contributed by atoms with Crippen molar-refractivity contribution in [1.82, 2.24) is 14.9 Å². The molecule has 0 N–H and O–H groups in total. The van der Waals surface area contributed by atoms with Gasteiger partial charge in [-0.2, -0.15) is 0 Å². The largest absolute Gasteiger partial charge is 0.497 e. The van der Waals surface area contributed by atoms with Gasteiger partial charge in [0.1, 0.15) is 11.6 Å². The van der Waals surface area contributed by atoms with E-state index >= 15 is 4.39 Å². The summed E-state index contributed by atoms with van der Waals surface area (Å²) in [5.74, 6) is 2.57. The van der Waals surface area contributed by atoms with Crippen LogP contribution in [0.15, 0.2) is 36.3 Å². The fourth-order valence-electron chi connectivity index (χ4n) is 6.42. The monoisotopic (exact) mass is 520 g/mol. The second-order valence-electron chi connectivity index (χ2n) is 11.4. The number of piperidine rings is 1. The van der Waals surface area contributed by atoms with Crippen LogP contribution in [0.4, 0.5) is 10.3 Å². The Hall–Kier alpha value is -2.96. The van der Waals surface area contributed by atoms with Crippen molar-refractivity contribution >= 4 is 17.4 Å². The lowest BCUT2D eigenvalue weighted by molar-refractivity contribution is 0.0689. The van der Waals surface area contributed by atoms with Crippen molar-refractivity contribution in [3.63, 3.8) is 0 Å². The van der Waals surface area contributed by atoms with Crippen LogP contribution in [-0.2, 0) is 6.54 Å². The van der Waals surface area contributed by atoms with Crippen molar-refractivity contribution in [2.24, 2.45) is 11.8 Å². The predicted molar refractivity (Wildman–Crippen MR) is 149 cm³/mol. The number of rotatable bonds is 7. The number of methoxy groups -OCH3 is 1. The predicted octanol–water partition coefficient (Wildman–Crippen LogP) is 6.81. The number of amides is 1. The molecule has 2 fully saturated rings. The van der Waals surface area contributed by atoms with E-state index in [0.29, 0.717) is 48.1 Å². The number of hydrogen-bond acceptors (Lipinski definition) is 5. The Bertz CT molecular complexity index is 1180. The Morgan fingerprint density at radius 2 is 1.92 bits per heavy atom. The zero-order chi connectivity index (χ0) is 26.6. The number of halogens is 1. The highest BCUT2D eigenvalue weighted by Gasteiger charge is 2.33. The van der Waals surface area contributed by atoms with E-state index < -0.39 is 0 Å². The number of nitrogens with zero attached hydrogens (tertiary/aromatic N) is 4. The van der Waals surface area contributed by atoms with Gasteiger partial charge in [0.05, 0.1) is 18.4 Å². The zero-order valence-electron chi connectivity index (χ0n) is 23.1. The molecule has 2 aliphatic carbocycles. The summed E-state index contributed by atoms with van der Waals surface area (Å²) < 4.78 is 20.6. The first-order valence-electron chi connectivity index (χ1n) is 14.4. The lowest BCUT2D eigenvalue weighted by Gasteiger charge is -2.41. The molecule has 1 amide bonds. The summed E-state index contributed by atoms with van der Waals surface area (Å²) in [5, 5.41) is 0.